The van der Waals surface area contributed by atoms with E-state index in [2.05, 4.69) is 20.2 Å². The lowest BCUT2D eigenvalue weighted by Crippen LogP contribution is -2.43. The number of aromatic nitrogens is 4. The Morgan fingerprint density at radius 2 is 2.17 bits per heavy atom. The van der Waals surface area contributed by atoms with Crippen molar-refractivity contribution in [2.45, 2.75) is 45.2 Å². The van der Waals surface area contributed by atoms with E-state index in [1.165, 1.54) is 12.1 Å². The summed E-state index contributed by atoms with van der Waals surface area (Å²) in [5, 5.41) is 2.91. The number of anilines is 1. The molecule has 1 amide bonds. The van der Waals surface area contributed by atoms with E-state index in [-0.39, 0.29) is 17.8 Å². The van der Waals surface area contributed by atoms with Gasteiger partial charge in [-0.3, -0.25) is 9.36 Å². The SMILES string of the molecule is Cc1cc(N2CCCCC2CC(=O)NCc2cccc(F)c2)nc(-n2ccnc2)n1. The maximum Gasteiger partial charge on any atom is 0.237 e. The summed E-state index contributed by atoms with van der Waals surface area (Å²) in [6, 6.07) is 8.31. The van der Waals surface area contributed by atoms with Gasteiger partial charge in [-0.1, -0.05) is 12.1 Å². The van der Waals surface area contributed by atoms with E-state index in [4.69, 9.17) is 4.98 Å². The summed E-state index contributed by atoms with van der Waals surface area (Å²) in [7, 11) is 0. The fourth-order valence-corrected chi connectivity index (χ4v) is 3.82. The quantitative estimate of drug-likeness (QED) is 0.678. The van der Waals surface area contributed by atoms with Crippen LogP contribution in [0.2, 0.25) is 0 Å². The highest BCUT2D eigenvalue weighted by Gasteiger charge is 2.26. The molecule has 1 unspecified atom stereocenters. The number of rotatable bonds is 6. The molecule has 1 aromatic carbocycles. The number of carbonyl (C=O) groups is 1. The zero-order valence-electron chi connectivity index (χ0n) is 17.0. The van der Waals surface area contributed by atoms with Crippen LogP contribution in [0.4, 0.5) is 10.2 Å². The van der Waals surface area contributed by atoms with E-state index in [1.807, 2.05) is 19.2 Å². The zero-order chi connectivity index (χ0) is 20.9. The molecular weight excluding hydrogens is 383 g/mol. The Bertz CT molecular complexity index is 1010. The Hall–Kier alpha value is -3.29. The molecule has 0 radical (unpaired) electrons. The van der Waals surface area contributed by atoms with Crippen LogP contribution in [-0.2, 0) is 11.3 Å². The number of benzene rings is 1. The van der Waals surface area contributed by atoms with Gasteiger partial charge in [0.15, 0.2) is 0 Å². The lowest BCUT2D eigenvalue weighted by Gasteiger charge is -2.36. The summed E-state index contributed by atoms with van der Waals surface area (Å²) in [6.45, 7) is 3.11. The Morgan fingerprint density at radius 1 is 1.27 bits per heavy atom. The first-order valence-electron chi connectivity index (χ1n) is 10.2. The lowest BCUT2D eigenvalue weighted by atomic mass is 9.99. The molecule has 1 N–H and O–H groups in total. The molecular formula is C22H25FN6O. The number of carbonyl (C=O) groups excluding carboxylic acids is 1. The topological polar surface area (TPSA) is 75.9 Å². The van der Waals surface area contributed by atoms with Crippen LogP contribution in [0.5, 0.6) is 0 Å². The van der Waals surface area contributed by atoms with Crippen molar-refractivity contribution in [1.82, 2.24) is 24.8 Å². The Morgan fingerprint density at radius 3 is 2.97 bits per heavy atom. The highest BCUT2D eigenvalue weighted by Crippen LogP contribution is 2.26. The lowest BCUT2D eigenvalue weighted by molar-refractivity contribution is -0.121. The Kier molecular flexibility index (Phi) is 6.02. The minimum atomic E-state index is -0.298. The van der Waals surface area contributed by atoms with Gasteiger partial charge in [-0.15, -0.1) is 0 Å². The van der Waals surface area contributed by atoms with Crippen molar-refractivity contribution in [3.8, 4) is 5.95 Å². The second-order valence-electron chi connectivity index (χ2n) is 7.59. The number of nitrogens with zero attached hydrogens (tertiary/aromatic N) is 5. The number of halogens is 1. The highest BCUT2D eigenvalue weighted by atomic mass is 19.1. The van der Waals surface area contributed by atoms with Crippen LogP contribution in [0.1, 0.15) is 36.9 Å². The van der Waals surface area contributed by atoms with Crippen LogP contribution in [0.15, 0.2) is 49.1 Å². The number of hydrogen-bond acceptors (Lipinski definition) is 5. The van der Waals surface area contributed by atoms with Gasteiger partial charge < -0.3 is 10.2 Å². The first kappa shape index (κ1) is 20.0. The van der Waals surface area contributed by atoms with Crippen molar-refractivity contribution in [3.63, 3.8) is 0 Å². The molecule has 4 rings (SSSR count). The minimum absolute atomic E-state index is 0.0447. The summed E-state index contributed by atoms with van der Waals surface area (Å²) in [5.74, 6) is 1.06. The third-order valence-corrected chi connectivity index (χ3v) is 5.29. The van der Waals surface area contributed by atoms with E-state index >= 15 is 0 Å². The monoisotopic (exact) mass is 408 g/mol. The van der Waals surface area contributed by atoms with Crippen LogP contribution in [0.25, 0.3) is 5.95 Å². The van der Waals surface area contributed by atoms with Gasteiger partial charge >= 0.3 is 0 Å². The van der Waals surface area contributed by atoms with E-state index in [0.717, 1.165) is 42.9 Å². The van der Waals surface area contributed by atoms with Crippen molar-refractivity contribution in [1.29, 1.82) is 0 Å². The van der Waals surface area contributed by atoms with Crippen LogP contribution in [0, 0.1) is 12.7 Å². The van der Waals surface area contributed by atoms with Gasteiger partial charge in [0.1, 0.15) is 18.0 Å². The first-order chi connectivity index (χ1) is 14.6. The van der Waals surface area contributed by atoms with Crippen LogP contribution in [-0.4, -0.2) is 38.0 Å². The number of aryl methyl sites for hydroxylation is 1. The van der Waals surface area contributed by atoms with Gasteiger partial charge in [-0.25, -0.2) is 14.4 Å². The number of amides is 1. The fraction of sp³-hybridized carbons (Fsp3) is 0.364. The average molecular weight is 408 g/mol. The molecule has 0 bridgehead atoms. The Balaban J connectivity index is 1.46. The molecule has 3 aromatic rings. The van der Waals surface area contributed by atoms with Crippen LogP contribution < -0.4 is 10.2 Å². The minimum Gasteiger partial charge on any atom is -0.353 e. The van der Waals surface area contributed by atoms with Gasteiger partial charge in [0.2, 0.25) is 11.9 Å². The molecule has 0 aliphatic carbocycles. The number of imidazole rings is 1. The van der Waals surface area contributed by atoms with Crippen molar-refractivity contribution in [3.05, 3.63) is 66.1 Å². The standard InChI is InChI=1S/C22H25FN6O/c1-16-11-20(27-22(26-16)28-10-8-24-15-28)29-9-3-2-7-19(29)13-21(30)25-14-17-5-4-6-18(23)12-17/h4-6,8,10-12,15,19H,2-3,7,9,13-14H2,1H3,(H,25,30). The van der Waals surface area contributed by atoms with E-state index in [0.29, 0.717) is 18.9 Å². The first-order valence-corrected chi connectivity index (χ1v) is 10.2. The summed E-state index contributed by atoms with van der Waals surface area (Å²) < 4.78 is 15.1. The molecule has 7 nitrogen and oxygen atoms in total. The van der Waals surface area contributed by atoms with Crippen molar-refractivity contribution in [2.75, 3.05) is 11.4 Å². The van der Waals surface area contributed by atoms with E-state index < -0.39 is 0 Å². The second kappa shape index (κ2) is 9.02. The molecule has 30 heavy (non-hydrogen) atoms. The highest BCUT2D eigenvalue weighted by molar-refractivity contribution is 5.77. The molecule has 0 spiro atoms. The molecule has 1 aliphatic rings. The van der Waals surface area contributed by atoms with Gasteiger partial charge in [-0.2, -0.15) is 4.98 Å². The molecule has 1 atom stereocenters. The maximum absolute atomic E-state index is 13.3. The molecule has 1 fully saturated rings. The summed E-state index contributed by atoms with van der Waals surface area (Å²) in [5.41, 5.74) is 1.61. The molecule has 1 saturated heterocycles. The summed E-state index contributed by atoms with van der Waals surface area (Å²) in [6.07, 6.45) is 8.62. The Labute approximate surface area is 175 Å². The molecule has 3 heterocycles. The zero-order valence-corrected chi connectivity index (χ0v) is 17.0. The largest absolute Gasteiger partial charge is 0.353 e. The normalized spacial score (nSPS) is 16.5. The van der Waals surface area contributed by atoms with Gasteiger partial charge in [0.05, 0.1) is 0 Å². The third kappa shape index (κ3) is 4.82. The number of hydrogen-bond donors (Lipinski definition) is 1. The van der Waals surface area contributed by atoms with Gasteiger partial charge in [-0.05, 0) is 43.9 Å². The van der Waals surface area contributed by atoms with Crippen molar-refractivity contribution < 1.29 is 9.18 Å². The van der Waals surface area contributed by atoms with Gasteiger partial charge in [0, 0.05) is 49.7 Å². The van der Waals surface area contributed by atoms with Gasteiger partial charge in [0.25, 0.3) is 0 Å². The third-order valence-electron chi connectivity index (χ3n) is 5.29. The summed E-state index contributed by atoms with van der Waals surface area (Å²) >= 11 is 0. The second-order valence-corrected chi connectivity index (χ2v) is 7.59. The summed E-state index contributed by atoms with van der Waals surface area (Å²) in [4.78, 5) is 28.1. The number of nitrogens with one attached hydrogen (secondary N) is 1. The smallest absolute Gasteiger partial charge is 0.237 e. The predicted molar refractivity (Wildman–Crippen MR) is 112 cm³/mol. The molecule has 0 saturated carbocycles. The number of piperidine rings is 1. The van der Waals surface area contributed by atoms with Crippen molar-refractivity contribution in [2.24, 2.45) is 0 Å². The maximum atomic E-state index is 13.3. The molecule has 156 valence electrons. The van der Waals surface area contributed by atoms with Crippen LogP contribution >= 0.6 is 0 Å². The molecule has 1 aliphatic heterocycles. The predicted octanol–water partition coefficient (Wildman–Crippen LogP) is 3.18. The van der Waals surface area contributed by atoms with E-state index in [1.54, 1.807) is 29.2 Å². The molecule has 2 aromatic heterocycles. The van der Waals surface area contributed by atoms with Crippen molar-refractivity contribution >= 4 is 11.7 Å². The van der Waals surface area contributed by atoms with E-state index in [9.17, 15) is 9.18 Å². The van der Waals surface area contributed by atoms with Crippen LogP contribution in [0.3, 0.4) is 0 Å². The molecule has 8 heteroatoms. The fourth-order valence-electron chi connectivity index (χ4n) is 3.82. The average Bonchev–Trinajstić information content (AvgIpc) is 3.27.